The molecule has 1 aliphatic heterocycles. The number of nitrogens with one attached hydrogen (secondary N) is 1. The molecule has 1 saturated heterocycles. The summed E-state index contributed by atoms with van der Waals surface area (Å²) < 4.78 is 0. The van der Waals surface area contributed by atoms with Gasteiger partial charge in [-0.2, -0.15) is 5.10 Å². The molecular formula is C13H17N5. The molecule has 0 aliphatic carbocycles. The third kappa shape index (κ3) is 2.22. The lowest BCUT2D eigenvalue weighted by Gasteiger charge is -2.29. The third-order valence-electron chi connectivity index (χ3n) is 3.37. The lowest BCUT2D eigenvalue weighted by atomic mass is 10.1. The molecule has 3 heterocycles. The van der Waals surface area contributed by atoms with E-state index in [0.717, 1.165) is 43.1 Å². The SMILES string of the molecule is NC1CCN(c2cc(-c3ccccn3)[nH]n2)CC1. The molecule has 0 unspecified atom stereocenters. The van der Waals surface area contributed by atoms with Crippen molar-refractivity contribution in [1.82, 2.24) is 15.2 Å². The Balaban J connectivity index is 1.78. The highest BCUT2D eigenvalue weighted by molar-refractivity contribution is 5.59. The number of H-pyrrole nitrogens is 1. The number of hydrogen-bond donors (Lipinski definition) is 2. The zero-order valence-corrected chi connectivity index (χ0v) is 10.2. The molecule has 2 aromatic rings. The smallest absolute Gasteiger partial charge is 0.151 e. The van der Waals surface area contributed by atoms with Gasteiger partial charge in [-0.15, -0.1) is 0 Å². The van der Waals surface area contributed by atoms with Gasteiger partial charge in [0.25, 0.3) is 0 Å². The van der Waals surface area contributed by atoms with E-state index in [1.165, 1.54) is 0 Å². The standard InChI is InChI=1S/C13H17N5/c14-10-4-7-18(8-5-10)13-9-12(16-17-13)11-3-1-2-6-15-11/h1-3,6,9-10H,4-5,7-8,14H2,(H,16,17). The Morgan fingerprint density at radius 1 is 1.28 bits per heavy atom. The summed E-state index contributed by atoms with van der Waals surface area (Å²) in [6.07, 6.45) is 3.85. The predicted molar refractivity (Wildman–Crippen MR) is 71.2 cm³/mol. The van der Waals surface area contributed by atoms with Gasteiger partial charge in [-0.1, -0.05) is 6.07 Å². The van der Waals surface area contributed by atoms with E-state index in [2.05, 4.69) is 26.1 Å². The van der Waals surface area contributed by atoms with E-state index < -0.39 is 0 Å². The van der Waals surface area contributed by atoms with Crippen LogP contribution < -0.4 is 10.6 Å². The number of nitrogens with zero attached hydrogens (tertiary/aromatic N) is 3. The Labute approximate surface area is 106 Å². The summed E-state index contributed by atoms with van der Waals surface area (Å²) >= 11 is 0. The van der Waals surface area contributed by atoms with Gasteiger partial charge < -0.3 is 10.6 Å². The number of aromatic nitrogens is 3. The molecule has 0 bridgehead atoms. The maximum atomic E-state index is 5.91. The highest BCUT2D eigenvalue weighted by Crippen LogP contribution is 2.22. The van der Waals surface area contributed by atoms with Crippen molar-refractivity contribution in [3.63, 3.8) is 0 Å². The second-order valence-corrected chi connectivity index (χ2v) is 4.68. The minimum atomic E-state index is 0.343. The van der Waals surface area contributed by atoms with Crippen molar-refractivity contribution < 1.29 is 0 Å². The number of pyridine rings is 1. The molecule has 1 fully saturated rings. The summed E-state index contributed by atoms with van der Waals surface area (Å²) in [5, 5.41) is 7.41. The van der Waals surface area contributed by atoms with Gasteiger partial charge in [0.15, 0.2) is 5.82 Å². The molecule has 0 aromatic carbocycles. The summed E-state index contributed by atoms with van der Waals surface area (Å²) in [5.74, 6) is 0.988. The minimum absolute atomic E-state index is 0.343. The second-order valence-electron chi connectivity index (χ2n) is 4.68. The van der Waals surface area contributed by atoms with Crippen LogP contribution in [0.5, 0.6) is 0 Å². The molecule has 5 nitrogen and oxygen atoms in total. The van der Waals surface area contributed by atoms with E-state index in [4.69, 9.17) is 5.73 Å². The molecule has 0 atom stereocenters. The van der Waals surface area contributed by atoms with Crippen LogP contribution in [-0.2, 0) is 0 Å². The van der Waals surface area contributed by atoms with Crippen molar-refractivity contribution >= 4 is 5.82 Å². The van der Waals surface area contributed by atoms with Crippen LogP contribution in [0.25, 0.3) is 11.4 Å². The van der Waals surface area contributed by atoms with Gasteiger partial charge in [0.05, 0.1) is 11.4 Å². The Hall–Kier alpha value is -1.88. The first kappa shape index (κ1) is 11.2. The largest absolute Gasteiger partial charge is 0.355 e. The Bertz CT molecular complexity index is 499. The number of aromatic amines is 1. The zero-order chi connectivity index (χ0) is 12.4. The molecule has 0 amide bonds. The molecule has 3 rings (SSSR count). The van der Waals surface area contributed by atoms with Gasteiger partial charge in [-0.05, 0) is 25.0 Å². The van der Waals surface area contributed by atoms with E-state index in [9.17, 15) is 0 Å². The van der Waals surface area contributed by atoms with E-state index in [0.29, 0.717) is 6.04 Å². The van der Waals surface area contributed by atoms with Crippen molar-refractivity contribution in [3.8, 4) is 11.4 Å². The van der Waals surface area contributed by atoms with Gasteiger partial charge in [-0.25, -0.2) is 0 Å². The van der Waals surface area contributed by atoms with Crippen LogP contribution in [0.1, 0.15) is 12.8 Å². The summed E-state index contributed by atoms with van der Waals surface area (Å²) in [7, 11) is 0. The molecule has 1 aliphatic rings. The molecular weight excluding hydrogens is 226 g/mol. The average Bonchev–Trinajstić information content (AvgIpc) is 2.90. The van der Waals surface area contributed by atoms with E-state index in [1.807, 2.05) is 18.2 Å². The monoisotopic (exact) mass is 243 g/mol. The molecule has 18 heavy (non-hydrogen) atoms. The number of hydrogen-bond acceptors (Lipinski definition) is 4. The van der Waals surface area contributed by atoms with Crippen LogP contribution in [0, 0.1) is 0 Å². The number of rotatable bonds is 2. The van der Waals surface area contributed by atoms with Crippen molar-refractivity contribution in [2.45, 2.75) is 18.9 Å². The molecule has 0 radical (unpaired) electrons. The first-order chi connectivity index (χ1) is 8.83. The number of nitrogens with two attached hydrogens (primary N) is 1. The van der Waals surface area contributed by atoms with Crippen LogP contribution in [0.3, 0.4) is 0 Å². The third-order valence-corrected chi connectivity index (χ3v) is 3.37. The molecule has 3 N–H and O–H groups in total. The van der Waals surface area contributed by atoms with Gasteiger partial charge in [0, 0.05) is 31.4 Å². The van der Waals surface area contributed by atoms with Gasteiger partial charge in [0.2, 0.25) is 0 Å². The van der Waals surface area contributed by atoms with Crippen molar-refractivity contribution in [2.24, 2.45) is 5.73 Å². The van der Waals surface area contributed by atoms with Crippen LogP contribution in [0.15, 0.2) is 30.5 Å². The van der Waals surface area contributed by atoms with Crippen LogP contribution in [0.4, 0.5) is 5.82 Å². The fraction of sp³-hybridized carbons (Fsp3) is 0.385. The van der Waals surface area contributed by atoms with E-state index in [1.54, 1.807) is 6.20 Å². The Morgan fingerprint density at radius 2 is 2.11 bits per heavy atom. The Kier molecular flexibility index (Phi) is 2.98. The quantitative estimate of drug-likeness (QED) is 0.836. The van der Waals surface area contributed by atoms with Gasteiger partial charge in [0.1, 0.15) is 0 Å². The average molecular weight is 243 g/mol. The van der Waals surface area contributed by atoms with E-state index >= 15 is 0 Å². The zero-order valence-electron chi connectivity index (χ0n) is 10.2. The van der Waals surface area contributed by atoms with Crippen molar-refractivity contribution in [2.75, 3.05) is 18.0 Å². The lowest BCUT2D eigenvalue weighted by Crippen LogP contribution is -2.39. The Morgan fingerprint density at radius 3 is 2.83 bits per heavy atom. The fourth-order valence-corrected chi connectivity index (χ4v) is 2.26. The highest BCUT2D eigenvalue weighted by atomic mass is 15.3. The van der Waals surface area contributed by atoms with Crippen molar-refractivity contribution in [3.05, 3.63) is 30.5 Å². The molecule has 0 spiro atoms. The number of piperidine rings is 1. The summed E-state index contributed by atoms with van der Waals surface area (Å²) in [6, 6.07) is 8.26. The van der Waals surface area contributed by atoms with Crippen LogP contribution >= 0.6 is 0 Å². The summed E-state index contributed by atoms with van der Waals surface area (Å²) in [6.45, 7) is 1.96. The highest BCUT2D eigenvalue weighted by Gasteiger charge is 2.18. The first-order valence-corrected chi connectivity index (χ1v) is 6.30. The fourth-order valence-electron chi connectivity index (χ4n) is 2.26. The predicted octanol–water partition coefficient (Wildman–Crippen LogP) is 1.40. The van der Waals surface area contributed by atoms with Crippen molar-refractivity contribution in [1.29, 1.82) is 0 Å². The lowest BCUT2D eigenvalue weighted by molar-refractivity contribution is 0.498. The minimum Gasteiger partial charge on any atom is -0.355 e. The molecule has 94 valence electrons. The summed E-state index contributed by atoms with van der Waals surface area (Å²) in [5.41, 5.74) is 7.79. The first-order valence-electron chi connectivity index (χ1n) is 6.30. The summed E-state index contributed by atoms with van der Waals surface area (Å²) in [4.78, 5) is 6.58. The molecule has 2 aromatic heterocycles. The van der Waals surface area contributed by atoms with Crippen LogP contribution in [0.2, 0.25) is 0 Å². The van der Waals surface area contributed by atoms with E-state index in [-0.39, 0.29) is 0 Å². The van der Waals surface area contributed by atoms with Crippen LogP contribution in [-0.4, -0.2) is 34.3 Å². The normalized spacial score (nSPS) is 17.1. The van der Waals surface area contributed by atoms with Gasteiger partial charge >= 0.3 is 0 Å². The maximum Gasteiger partial charge on any atom is 0.151 e. The second kappa shape index (κ2) is 4.78. The topological polar surface area (TPSA) is 70.8 Å². The van der Waals surface area contributed by atoms with Gasteiger partial charge in [-0.3, -0.25) is 10.1 Å². The maximum absolute atomic E-state index is 5.91. The number of anilines is 1. The molecule has 5 heteroatoms. The molecule has 0 saturated carbocycles.